The highest BCUT2D eigenvalue weighted by atomic mass is 127. The molecule has 0 radical (unpaired) electrons. The first-order valence-corrected chi connectivity index (χ1v) is 8.26. The summed E-state index contributed by atoms with van der Waals surface area (Å²) in [5, 5.41) is 0. The third-order valence-electron chi connectivity index (χ3n) is 1.92. The molecule has 0 heterocycles. The fourth-order valence-corrected chi connectivity index (χ4v) is 2.74. The maximum Gasteiger partial charge on any atom is 0.534 e. The quantitative estimate of drug-likeness (QED) is 0.319. The van der Waals surface area contributed by atoms with Gasteiger partial charge in [-0.1, -0.05) is 0 Å². The Morgan fingerprint density at radius 3 is 2.21 bits per heavy atom. The molecule has 0 unspecified atom stereocenters. The van der Waals surface area contributed by atoms with E-state index in [1.165, 1.54) is 24.9 Å². The van der Waals surface area contributed by atoms with E-state index >= 15 is 0 Å². The van der Waals surface area contributed by atoms with Gasteiger partial charge in [-0.25, -0.2) is 0 Å². The summed E-state index contributed by atoms with van der Waals surface area (Å²) < 4.78 is 68.0. The van der Waals surface area contributed by atoms with Gasteiger partial charge in [0.05, 0.1) is 10.7 Å². The zero-order valence-electron chi connectivity index (χ0n) is 9.62. The third-order valence-corrected chi connectivity index (χ3v) is 4.65. The van der Waals surface area contributed by atoms with Crippen molar-refractivity contribution in [3.05, 3.63) is 15.7 Å². The van der Waals surface area contributed by atoms with E-state index in [0.29, 0.717) is 4.90 Å². The third kappa shape index (κ3) is 3.81. The van der Waals surface area contributed by atoms with E-state index in [9.17, 15) is 21.6 Å². The van der Waals surface area contributed by atoms with Crippen molar-refractivity contribution in [2.24, 2.45) is 0 Å². The van der Waals surface area contributed by atoms with Crippen molar-refractivity contribution in [2.45, 2.75) is 10.4 Å². The van der Waals surface area contributed by atoms with E-state index in [-0.39, 0.29) is 9.32 Å². The standard InChI is InChI=1S/C9H8F3IO4S2/c1-16-6-3-5(18-2)4-7(8(6)13)17-19(14,15)9(10,11)12/h3-4H,1-2H3. The normalized spacial score (nSPS) is 12.3. The topological polar surface area (TPSA) is 52.6 Å². The van der Waals surface area contributed by atoms with Gasteiger partial charge >= 0.3 is 15.6 Å². The van der Waals surface area contributed by atoms with E-state index in [4.69, 9.17) is 4.74 Å². The number of hydrogen-bond donors (Lipinski definition) is 0. The number of hydrogen-bond acceptors (Lipinski definition) is 5. The molecule has 0 atom stereocenters. The van der Waals surface area contributed by atoms with Gasteiger partial charge in [0, 0.05) is 4.90 Å². The minimum atomic E-state index is -5.69. The lowest BCUT2D eigenvalue weighted by Crippen LogP contribution is -2.28. The predicted octanol–water partition coefficient (Wildman–Crippen LogP) is 3.25. The van der Waals surface area contributed by atoms with E-state index in [1.54, 1.807) is 34.9 Å². The van der Waals surface area contributed by atoms with Crippen molar-refractivity contribution in [2.75, 3.05) is 13.4 Å². The Morgan fingerprint density at radius 2 is 1.79 bits per heavy atom. The maximum atomic E-state index is 12.3. The average Bonchev–Trinajstić information content (AvgIpc) is 2.30. The largest absolute Gasteiger partial charge is 0.534 e. The second-order valence-corrected chi connectivity index (χ2v) is 6.62. The molecule has 10 heteroatoms. The maximum absolute atomic E-state index is 12.3. The van der Waals surface area contributed by atoms with Crippen LogP contribution in [0.25, 0.3) is 0 Å². The molecule has 0 aliphatic heterocycles. The van der Waals surface area contributed by atoms with Crippen LogP contribution in [0.5, 0.6) is 11.5 Å². The highest BCUT2D eigenvalue weighted by molar-refractivity contribution is 14.1. The Hall–Kier alpha value is -0.360. The summed E-state index contributed by atoms with van der Waals surface area (Å²) in [6, 6.07) is 2.78. The van der Waals surface area contributed by atoms with Gasteiger partial charge < -0.3 is 8.92 Å². The van der Waals surface area contributed by atoms with Gasteiger partial charge in [-0.2, -0.15) is 21.6 Å². The van der Waals surface area contributed by atoms with Crippen LogP contribution in [0.15, 0.2) is 17.0 Å². The molecule has 0 fully saturated rings. The van der Waals surface area contributed by atoms with Crippen molar-refractivity contribution >= 4 is 44.5 Å². The van der Waals surface area contributed by atoms with E-state index < -0.39 is 21.4 Å². The summed E-state index contributed by atoms with van der Waals surface area (Å²) in [5.41, 5.74) is -5.47. The van der Waals surface area contributed by atoms with Gasteiger partial charge in [0.2, 0.25) is 0 Å². The molecule has 0 saturated heterocycles. The fraction of sp³-hybridized carbons (Fsp3) is 0.333. The van der Waals surface area contributed by atoms with Crippen LogP contribution in [0, 0.1) is 3.57 Å². The lowest BCUT2D eigenvalue weighted by atomic mass is 10.3. The number of rotatable bonds is 4. The summed E-state index contributed by atoms with van der Waals surface area (Å²) in [7, 11) is -4.37. The van der Waals surface area contributed by atoms with Crippen molar-refractivity contribution in [3.63, 3.8) is 0 Å². The highest BCUT2D eigenvalue weighted by Crippen LogP contribution is 2.37. The molecule has 0 aromatic heterocycles. The Morgan fingerprint density at radius 1 is 1.26 bits per heavy atom. The molecule has 0 spiro atoms. The average molecular weight is 428 g/mol. The first-order chi connectivity index (χ1) is 8.62. The monoisotopic (exact) mass is 428 g/mol. The van der Waals surface area contributed by atoms with Crippen LogP contribution in [0.2, 0.25) is 0 Å². The number of ether oxygens (including phenoxy) is 1. The summed E-state index contributed by atoms with van der Waals surface area (Å²) in [4.78, 5) is 0.518. The molecule has 1 aromatic rings. The molecular weight excluding hydrogens is 420 g/mol. The van der Waals surface area contributed by atoms with Crippen LogP contribution in [-0.2, 0) is 10.1 Å². The molecule has 0 N–H and O–H groups in total. The van der Waals surface area contributed by atoms with E-state index in [2.05, 4.69) is 4.18 Å². The van der Waals surface area contributed by atoms with E-state index in [1.807, 2.05) is 0 Å². The van der Waals surface area contributed by atoms with Crippen LogP contribution < -0.4 is 8.92 Å². The van der Waals surface area contributed by atoms with Crippen molar-refractivity contribution < 1.29 is 30.5 Å². The molecule has 19 heavy (non-hydrogen) atoms. The lowest BCUT2D eigenvalue weighted by molar-refractivity contribution is -0.0500. The summed E-state index contributed by atoms with van der Waals surface area (Å²) in [6.07, 6.45) is 1.68. The first-order valence-electron chi connectivity index (χ1n) is 4.54. The number of benzene rings is 1. The smallest absolute Gasteiger partial charge is 0.495 e. The Kier molecular flexibility index (Phi) is 5.23. The van der Waals surface area contributed by atoms with Crippen LogP contribution in [0.1, 0.15) is 0 Å². The van der Waals surface area contributed by atoms with Gasteiger partial charge in [0.1, 0.15) is 5.75 Å². The molecular formula is C9H8F3IO4S2. The molecule has 4 nitrogen and oxygen atoms in total. The molecule has 0 saturated carbocycles. The number of methoxy groups -OCH3 is 1. The van der Waals surface area contributed by atoms with Crippen molar-refractivity contribution in [1.29, 1.82) is 0 Å². The van der Waals surface area contributed by atoms with Gasteiger partial charge in [-0.15, -0.1) is 11.8 Å². The van der Waals surface area contributed by atoms with Gasteiger partial charge in [0.15, 0.2) is 5.75 Å². The second-order valence-electron chi connectivity index (χ2n) is 3.12. The molecule has 1 aromatic carbocycles. The molecule has 0 amide bonds. The predicted molar refractivity (Wildman–Crippen MR) is 73.1 cm³/mol. The van der Waals surface area contributed by atoms with Crippen LogP contribution in [-0.4, -0.2) is 27.3 Å². The number of alkyl halides is 3. The van der Waals surface area contributed by atoms with Crippen molar-refractivity contribution in [1.82, 2.24) is 0 Å². The second kappa shape index (κ2) is 5.95. The Bertz CT molecular complexity index is 572. The Labute approximate surface area is 125 Å². The zero-order chi connectivity index (χ0) is 14.8. The SMILES string of the molecule is COc1cc(SC)cc(OS(=O)(=O)C(F)(F)F)c1I. The summed E-state index contributed by atoms with van der Waals surface area (Å²) >= 11 is 2.87. The zero-order valence-corrected chi connectivity index (χ0v) is 13.4. The highest BCUT2D eigenvalue weighted by Gasteiger charge is 2.48. The van der Waals surface area contributed by atoms with Gasteiger partial charge in [-0.3, -0.25) is 0 Å². The van der Waals surface area contributed by atoms with Crippen LogP contribution in [0.4, 0.5) is 13.2 Å². The summed E-state index contributed by atoms with van der Waals surface area (Å²) in [6.45, 7) is 0. The molecule has 0 aliphatic rings. The lowest BCUT2D eigenvalue weighted by Gasteiger charge is -2.13. The molecule has 0 bridgehead atoms. The number of halogens is 4. The molecule has 0 aliphatic carbocycles. The fourth-order valence-electron chi connectivity index (χ4n) is 1.04. The van der Waals surface area contributed by atoms with Crippen LogP contribution in [0.3, 0.4) is 0 Å². The Balaban J connectivity index is 3.29. The van der Waals surface area contributed by atoms with Crippen molar-refractivity contribution in [3.8, 4) is 11.5 Å². The van der Waals surface area contributed by atoms with Gasteiger partial charge in [-0.05, 0) is 41.0 Å². The summed E-state index contributed by atoms with van der Waals surface area (Å²) in [5.74, 6) is -0.179. The van der Waals surface area contributed by atoms with Crippen LogP contribution >= 0.6 is 34.4 Å². The first kappa shape index (κ1) is 16.7. The molecule has 108 valence electrons. The van der Waals surface area contributed by atoms with Gasteiger partial charge in [0.25, 0.3) is 0 Å². The minimum absolute atomic E-state index is 0.144. The molecule has 1 rings (SSSR count). The minimum Gasteiger partial charge on any atom is -0.495 e. The van der Waals surface area contributed by atoms with E-state index in [0.717, 1.165) is 0 Å². The number of thioether (sulfide) groups is 1.